The van der Waals surface area contributed by atoms with E-state index in [2.05, 4.69) is 89.7 Å². The van der Waals surface area contributed by atoms with Crippen LogP contribution in [0.15, 0.2) is 54.6 Å². The third kappa shape index (κ3) is 4.77. The summed E-state index contributed by atoms with van der Waals surface area (Å²) < 4.78 is 2.34. The standard InChI is InChI=1S/C28H37N5/c1-4-33-26-15-9-8-14-25(26)30-27(33)32-19-11-18-31(20-21-32)17-10-16-28(22-29,23(2)3)24-12-6-5-7-13-24/h5-9,12-15,23H,4,10-11,16-21H2,1-3H3. The Balaban J connectivity index is 1.39. The number of anilines is 1. The van der Waals surface area contributed by atoms with Crippen molar-refractivity contribution in [2.45, 2.75) is 52.0 Å². The zero-order valence-electron chi connectivity index (χ0n) is 20.4. The molecule has 5 heteroatoms. The maximum Gasteiger partial charge on any atom is 0.206 e. The highest BCUT2D eigenvalue weighted by atomic mass is 15.3. The first-order valence-electron chi connectivity index (χ1n) is 12.5. The highest BCUT2D eigenvalue weighted by Crippen LogP contribution is 2.36. The number of imidazole rings is 1. The van der Waals surface area contributed by atoms with Crippen LogP contribution in [0.1, 0.15) is 45.6 Å². The second kappa shape index (κ2) is 10.4. The van der Waals surface area contributed by atoms with Gasteiger partial charge in [-0.25, -0.2) is 4.98 Å². The number of rotatable bonds is 8. The number of para-hydroxylation sites is 2. The van der Waals surface area contributed by atoms with E-state index in [1.54, 1.807) is 0 Å². The molecule has 5 nitrogen and oxygen atoms in total. The third-order valence-electron chi connectivity index (χ3n) is 7.34. The molecular formula is C28H37N5. The molecule has 0 spiro atoms. The van der Waals surface area contributed by atoms with Crippen molar-refractivity contribution in [1.29, 1.82) is 5.26 Å². The van der Waals surface area contributed by atoms with Gasteiger partial charge in [-0.2, -0.15) is 5.26 Å². The van der Waals surface area contributed by atoms with Gasteiger partial charge in [0.15, 0.2) is 0 Å². The van der Waals surface area contributed by atoms with Gasteiger partial charge >= 0.3 is 0 Å². The van der Waals surface area contributed by atoms with Crippen molar-refractivity contribution >= 4 is 17.0 Å². The Morgan fingerprint density at radius 2 is 1.76 bits per heavy atom. The molecule has 1 aromatic heterocycles. The van der Waals surface area contributed by atoms with Crippen molar-refractivity contribution < 1.29 is 0 Å². The molecule has 1 saturated heterocycles. The van der Waals surface area contributed by atoms with Crippen LogP contribution in [0, 0.1) is 17.2 Å². The molecule has 1 atom stereocenters. The minimum Gasteiger partial charge on any atom is -0.341 e. The van der Waals surface area contributed by atoms with Gasteiger partial charge < -0.3 is 14.4 Å². The van der Waals surface area contributed by atoms with E-state index in [0.717, 1.165) is 75.6 Å². The van der Waals surface area contributed by atoms with Gasteiger partial charge in [-0.3, -0.25) is 0 Å². The van der Waals surface area contributed by atoms with E-state index in [1.807, 2.05) is 6.07 Å². The quantitative estimate of drug-likeness (QED) is 0.463. The van der Waals surface area contributed by atoms with Crippen LogP contribution in [-0.4, -0.2) is 47.2 Å². The summed E-state index contributed by atoms with van der Waals surface area (Å²) in [7, 11) is 0. The Hall–Kier alpha value is -2.84. The second-order valence-corrected chi connectivity index (χ2v) is 9.53. The van der Waals surface area contributed by atoms with E-state index < -0.39 is 5.41 Å². The molecular weight excluding hydrogens is 406 g/mol. The van der Waals surface area contributed by atoms with E-state index in [1.165, 1.54) is 5.52 Å². The van der Waals surface area contributed by atoms with Crippen molar-refractivity contribution in [2.75, 3.05) is 37.6 Å². The second-order valence-electron chi connectivity index (χ2n) is 9.53. The number of nitrogens with zero attached hydrogens (tertiary/aromatic N) is 5. The number of nitriles is 1. The van der Waals surface area contributed by atoms with Gasteiger partial charge in [-0.1, -0.05) is 56.3 Å². The van der Waals surface area contributed by atoms with Crippen molar-refractivity contribution in [3.63, 3.8) is 0 Å². The van der Waals surface area contributed by atoms with Crippen LogP contribution in [0.25, 0.3) is 11.0 Å². The number of fused-ring (bicyclic) bond motifs is 1. The largest absolute Gasteiger partial charge is 0.341 e. The highest BCUT2D eigenvalue weighted by Gasteiger charge is 2.35. The average Bonchev–Trinajstić information content (AvgIpc) is 3.06. The molecule has 0 amide bonds. The zero-order chi connectivity index (χ0) is 23.3. The Morgan fingerprint density at radius 3 is 2.48 bits per heavy atom. The molecule has 3 aromatic rings. The minimum absolute atomic E-state index is 0.284. The van der Waals surface area contributed by atoms with Crippen LogP contribution in [0.2, 0.25) is 0 Å². The lowest BCUT2D eigenvalue weighted by molar-refractivity contribution is 0.265. The molecule has 1 aliphatic heterocycles. The number of benzene rings is 2. The van der Waals surface area contributed by atoms with Gasteiger partial charge in [0.2, 0.25) is 5.95 Å². The molecule has 1 aliphatic rings. The zero-order valence-corrected chi connectivity index (χ0v) is 20.4. The predicted molar refractivity (Wildman–Crippen MR) is 136 cm³/mol. The van der Waals surface area contributed by atoms with Gasteiger partial charge in [-0.05, 0) is 62.9 Å². The predicted octanol–water partition coefficient (Wildman–Crippen LogP) is 5.47. The van der Waals surface area contributed by atoms with Crippen molar-refractivity contribution in [3.8, 4) is 6.07 Å². The Bertz CT molecular complexity index is 1080. The maximum atomic E-state index is 10.2. The van der Waals surface area contributed by atoms with Crippen LogP contribution in [-0.2, 0) is 12.0 Å². The summed E-state index contributed by atoms with van der Waals surface area (Å²) in [4.78, 5) is 10.0. The molecule has 174 valence electrons. The highest BCUT2D eigenvalue weighted by molar-refractivity contribution is 5.78. The van der Waals surface area contributed by atoms with Crippen LogP contribution in [0.3, 0.4) is 0 Å². The Labute approximate surface area is 198 Å². The maximum absolute atomic E-state index is 10.2. The molecule has 33 heavy (non-hydrogen) atoms. The summed E-state index contributed by atoms with van der Waals surface area (Å²) in [5.74, 6) is 1.39. The monoisotopic (exact) mass is 443 g/mol. The molecule has 0 aliphatic carbocycles. The molecule has 0 saturated carbocycles. The molecule has 0 bridgehead atoms. The Morgan fingerprint density at radius 1 is 1.00 bits per heavy atom. The lowest BCUT2D eigenvalue weighted by atomic mass is 9.70. The fraction of sp³-hybridized carbons (Fsp3) is 0.500. The number of hydrogen-bond acceptors (Lipinski definition) is 4. The summed E-state index contributed by atoms with van der Waals surface area (Å²) in [6.07, 6.45) is 3.07. The topological polar surface area (TPSA) is 48.1 Å². The lowest BCUT2D eigenvalue weighted by Crippen LogP contribution is -2.35. The summed E-state index contributed by atoms with van der Waals surface area (Å²) in [5, 5.41) is 10.2. The average molecular weight is 444 g/mol. The number of aryl methyl sites for hydroxylation is 1. The van der Waals surface area contributed by atoms with Crippen molar-refractivity contribution in [1.82, 2.24) is 14.5 Å². The van der Waals surface area contributed by atoms with E-state index >= 15 is 0 Å². The van der Waals surface area contributed by atoms with E-state index in [9.17, 15) is 5.26 Å². The smallest absolute Gasteiger partial charge is 0.206 e. The Kier molecular flexibility index (Phi) is 7.35. The molecule has 1 unspecified atom stereocenters. The van der Waals surface area contributed by atoms with Crippen LogP contribution in [0.5, 0.6) is 0 Å². The molecule has 4 rings (SSSR count). The third-order valence-corrected chi connectivity index (χ3v) is 7.34. The molecule has 2 aromatic carbocycles. The molecule has 0 N–H and O–H groups in total. The van der Waals surface area contributed by atoms with Gasteiger partial charge in [0, 0.05) is 26.2 Å². The summed E-state index contributed by atoms with van der Waals surface area (Å²) in [5.41, 5.74) is 3.05. The first kappa shape index (κ1) is 23.3. The summed E-state index contributed by atoms with van der Waals surface area (Å²) in [6, 6.07) is 21.5. The van der Waals surface area contributed by atoms with E-state index in [0.29, 0.717) is 0 Å². The summed E-state index contributed by atoms with van der Waals surface area (Å²) >= 11 is 0. The van der Waals surface area contributed by atoms with Crippen LogP contribution < -0.4 is 4.90 Å². The van der Waals surface area contributed by atoms with Gasteiger partial charge in [0.1, 0.15) is 0 Å². The minimum atomic E-state index is -0.412. The summed E-state index contributed by atoms with van der Waals surface area (Å²) in [6.45, 7) is 12.7. The fourth-order valence-electron chi connectivity index (χ4n) is 5.34. The van der Waals surface area contributed by atoms with Gasteiger partial charge in [-0.15, -0.1) is 0 Å². The molecule has 2 heterocycles. The first-order valence-corrected chi connectivity index (χ1v) is 12.5. The normalized spacial score (nSPS) is 17.1. The van der Waals surface area contributed by atoms with Crippen molar-refractivity contribution in [3.05, 3.63) is 60.2 Å². The number of hydrogen-bond donors (Lipinski definition) is 0. The van der Waals surface area contributed by atoms with E-state index in [4.69, 9.17) is 4.98 Å². The lowest BCUT2D eigenvalue weighted by Gasteiger charge is -2.32. The first-order chi connectivity index (χ1) is 16.1. The van der Waals surface area contributed by atoms with E-state index in [-0.39, 0.29) is 5.92 Å². The van der Waals surface area contributed by atoms with Gasteiger partial charge in [0.05, 0.1) is 22.5 Å². The van der Waals surface area contributed by atoms with Crippen molar-refractivity contribution in [2.24, 2.45) is 5.92 Å². The molecule has 1 fully saturated rings. The molecule has 0 radical (unpaired) electrons. The van der Waals surface area contributed by atoms with Gasteiger partial charge in [0.25, 0.3) is 0 Å². The fourth-order valence-corrected chi connectivity index (χ4v) is 5.34. The van der Waals surface area contributed by atoms with Crippen LogP contribution >= 0.6 is 0 Å². The number of aromatic nitrogens is 2. The SMILES string of the molecule is CCn1c(N2CCCN(CCCC(C#N)(c3ccccc3)C(C)C)CC2)nc2ccccc21. The van der Waals surface area contributed by atoms with Crippen LogP contribution in [0.4, 0.5) is 5.95 Å².